The summed E-state index contributed by atoms with van der Waals surface area (Å²) in [6.45, 7) is 5.86. The minimum atomic E-state index is -0.678. The third-order valence-electron chi connectivity index (χ3n) is 3.13. The van der Waals surface area contributed by atoms with E-state index >= 15 is 0 Å². The van der Waals surface area contributed by atoms with Gasteiger partial charge in [-0.1, -0.05) is 13.8 Å². The molecule has 114 valence electrons. The van der Waals surface area contributed by atoms with Gasteiger partial charge in [-0.25, -0.2) is 4.79 Å². The van der Waals surface area contributed by atoms with Gasteiger partial charge in [0.25, 0.3) is 5.91 Å². The van der Waals surface area contributed by atoms with Crippen molar-refractivity contribution >= 4 is 11.9 Å². The molecule has 2 rings (SSSR count). The number of hydrogen-bond acceptors (Lipinski definition) is 5. The molecule has 1 aromatic rings. The highest BCUT2D eigenvalue weighted by molar-refractivity contribution is 5.97. The standard InChI is InChI=1S/C15H19NO5/c1-4-19-15(18)13(9(2)3)16-14(17)10-5-6-11-12(7-10)21-8-20-11/h5-7,9,13H,4,8H2,1-3H3,(H,16,17). The van der Waals surface area contributed by atoms with Crippen molar-refractivity contribution in [1.29, 1.82) is 0 Å². The molecule has 6 heteroatoms. The van der Waals surface area contributed by atoms with E-state index in [4.69, 9.17) is 14.2 Å². The number of hydrogen-bond donors (Lipinski definition) is 1. The third-order valence-corrected chi connectivity index (χ3v) is 3.13. The highest BCUT2D eigenvalue weighted by Crippen LogP contribution is 2.32. The second-order valence-electron chi connectivity index (χ2n) is 5.02. The van der Waals surface area contributed by atoms with Gasteiger partial charge in [-0.2, -0.15) is 0 Å². The highest BCUT2D eigenvalue weighted by Gasteiger charge is 2.26. The summed E-state index contributed by atoms with van der Waals surface area (Å²) in [4.78, 5) is 24.1. The molecule has 1 unspecified atom stereocenters. The zero-order valence-electron chi connectivity index (χ0n) is 12.3. The van der Waals surface area contributed by atoms with E-state index < -0.39 is 12.0 Å². The largest absolute Gasteiger partial charge is 0.464 e. The molecule has 1 aromatic carbocycles. The van der Waals surface area contributed by atoms with Gasteiger partial charge < -0.3 is 19.5 Å². The summed E-state index contributed by atoms with van der Waals surface area (Å²) in [7, 11) is 0. The fourth-order valence-electron chi connectivity index (χ4n) is 1.99. The van der Waals surface area contributed by atoms with Crippen LogP contribution in [0.5, 0.6) is 11.5 Å². The van der Waals surface area contributed by atoms with Crippen LogP contribution >= 0.6 is 0 Å². The smallest absolute Gasteiger partial charge is 0.328 e. The minimum absolute atomic E-state index is 0.0676. The molecule has 0 aromatic heterocycles. The maximum atomic E-state index is 12.3. The Labute approximate surface area is 123 Å². The number of carbonyl (C=O) groups is 2. The SMILES string of the molecule is CCOC(=O)C(NC(=O)c1ccc2c(c1)OCO2)C(C)C. The van der Waals surface area contributed by atoms with Gasteiger partial charge in [0.1, 0.15) is 6.04 Å². The Morgan fingerprint density at radius 2 is 2.00 bits per heavy atom. The van der Waals surface area contributed by atoms with Crippen LogP contribution in [0.15, 0.2) is 18.2 Å². The lowest BCUT2D eigenvalue weighted by Gasteiger charge is -2.20. The number of rotatable bonds is 5. The molecule has 0 radical (unpaired) electrons. The van der Waals surface area contributed by atoms with Crippen LogP contribution in [-0.2, 0) is 9.53 Å². The number of amides is 1. The van der Waals surface area contributed by atoms with Crippen LogP contribution < -0.4 is 14.8 Å². The molecule has 0 bridgehead atoms. The molecule has 1 aliphatic heterocycles. The zero-order chi connectivity index (χ0) is 15.4. The van der Waals surface area contributed by atoms with Gasteiger partial charge in [0.2, 0.25) is 6.79 Å². The summed E-state index contributed by atoms with van der Waals surface area (Å²) in [5.41, 5.74) is 0.411. The first-order chi connectivity index (χ1) is 10.0. The summed E-state index contributed by atoms with van der Waals surface area (Å²) < 4.78 is 15.4. The van der Waals surface area contributed by atoms with Crippen LogP contribution in [0, 0.1) is 5.92 Å². The second kappa shape index (κ2) is 6.47. The first-order valence-electron chi connectivity index (χ1n) is 6.90. The van der Waals surface area contributed by atoms with Crippen LogP contribution in [0.3, 0.4) is 0 Å². The van der Waals surface area contributed by atoms with Crippen LogP contribution in [0.1, 0.15) is 31.1 Å². The van der Waals surface area contributed by atoms with Gasteiger partial charge in [0, 0.05) is 5.56 Å². The molecule has 1 amide bonds. The maximum Gasteiger partial charge on any atom is 0.328 e. The predicted octanol–water partition coefficient (Wildman–Crippen LogP) is 1.73. The van der Waals surface area contributed by atoms with Crippen molar-refractivity contribution in [3.05, 3.63) is 23.8 Å². The summed E-state index contributed by atoms with van der Waals surface area (Å²) in [5, 5.41) is 2.70. The molecule has 1 atom stereocenters. The van der Waals surface area contributed by atoms with Gasteiger partial charge in [-0.15, -0.1) is 0 Å². The molecule has 0 saturated carbocycles. The fourth-order valence-corrected chi connectivity index (χ4v) is 1.99. The number of esters is 1. The Balaban J connectivity index is 2.10. The zero-order valence-corrected chi connectivity index (χ0v) is 12.3. The number of fused-ring (bicyclic) bond motifs is 1. The second-order valence-corrected chi connectivity index (χ2v) is 5.02. The summed E-state index contributed by atoms with van der Waals surface area (Å²) in [6.07, 6.45) is 0. The van der Waals surface area contributed by atoms with Gasteiger partial charge in [0.05, 0.1) is 6.61 Å². The van der Waals surface area contributed by atoms with E-state index in [1.807, 2.05) is 13.8 Å². The van der Waals surface area contributed by atoms with Gasteiger partial charge in [0.15, 0.2) is 11.5 Å². The molecular formula is C15H19NO5. The van der Waals surface area contributed by atoms with Crippen LogP contribution in [0.4, 0.5) is 0 Å². The number of ether oxygens (including phenoxy) is 3. The average molecular weight is 293 g/mol. The van der Waals surface area contributed by atoms with Crippen molar-refractivity contribution in [2.45, 2.75) is 26.8 Å². The van der Waals surface area contributed by atoms with Crippen molar-refractivity contribution in [3.63, 3.8) is 0 Å². The lowest BCUT2D eigenvalue weighted by atomic mass is 10.0. The van der Waals surface area contributed by atoms with Gasteiger partial charge in [-0.3, -0.25) is 4.79 Å². The highest BCUT2D eigenvalue weighted by atomic mass is 16.7. The molecular weight excluding hydrogens is 274 g/mol. The Morgan fingerprint density at radius 1 is 1.29 bits per heavy atom. The van der Waals surface area contributed by atoms with E-state index in [1.54, 1.807) is 25.1 Å². The van der Waals surface area contributed by atoms with E-state index in [0.29, 0.717) is 17.1 Å². The molecule has 0 fully saturated rings. The van der Waals surface area contributed by atoms with Crippen molar-refractivity contribution in [3.8, 4) is 11.5 Å². The Hall–Kier alpha value is -2.24. The van der Waals surface area contributed by atoms with E-state index in [0.717, 1.165) is 0 Å². The van der Waals surface area contributed by atoms with E-state index in [2.05, 4.69) is 5.32 Å². The predicted molar refractivity (Wildman–Crippen MR) is 75.3 cm³/mol. The average Bonchev–Trinajstić information content (AvgIpc) is 2.91. The van der Waals surface area contributed by atoms with Gasteiger partial charge in [-0.05, 0) is 31.0 Å². The fraction of sp³-hybridized carbons (Fsp3) is 0.467. The van der Waals surface area contributed by atoms with Gasteiger partial charge >= 0.3 is 5.97 Å². The molecule has 1 heterocycles. The molecule has 0 saturated heterocycles. The molecule has 0 aliphatic carbocycles. The normalized spacial score (nSPS) is 13.9. The molecule has 21 heavy (non-hydrogen) atoms. The third kappa shape index (κ3) is 3.45. The first-order valence-corrected chi connectivity index (χ1v) is 6.90. The number of nitrogens with one attached hydrogen (secondary N) is 1. The quantitative estimate of drug-likeness (QED) is 0.837. The van der Waals surface area contributed by atoms with Crippen LogP contribution in [0.2, 0.25) is 0 Å². The molecule has 6 nitrogen and oxygen atoms in total. The van der Waals surface area contributed by atoms with Crippen LogP contribution in [0.25, 0.3) is 0 Å². The molecule has 1 N–H and O–H groups in total. The minimum Gasteiger partial charge on any atom is -0.464 e. The lowest BCUT2D eigenvalue weighted by Crippen LogP contribution is -2.45. The summed E-state index contributed by atoms with van der Waals surface area (Å²) >= 11 is 0. The van der Waals surface area contributed by atoms with Crippen LogP contribution in [-0.4, -0.2) is 31.3 Å². The topological polar surface area (TPSA) is 73.9 Å². The summed E-state index contributed by atoms with van der Waals surface area (Å²) in [6, 6.07) is 4.22. The summed E-state index contributed by atoms with van der Waals surface area (Å²) in [5.74, 6) is 0.292. The van der Waals surface area contributed by atoms with Crippen molar-refractivity contribution < 1.29 is 23.8 Å². The monoisotopic (exact) mass is 293 g/mol. The molecule has 0 spiro atoms. The van der Waals surface area contributed by atoms with E-state index in [9.17, 15) is 9.59 Å². The first kappa shape index (κ1) is 15.2. The van der Waals surface area contributed by atoms with E-state index in [-0.39, 0.29) is 25.2 Å². The lowest BCUT2D eigenvalue weighted by molar-refractivity contribution is -0.146. The van der Waals surface area contributed by atoms with E-state index in [1.165, 1.54) is 0 Å². The molecule has 1 aliphatic rings. The Bertz CT molecular complexity index is 541. The van der Waals surface area contributed by atoms with Crippen molar-refractivity contribution in [1.82, 2.24) is 5.32 Å². The Morgan fingerprint density at radius 3 is 2.67 bits per heavy atom. The van der Waals surface area contributed by atoms with Crippen molar-refractivity contribution in [2.24, 2.45) is 5.92 Å². The maximum absolute atomic E-state index is 12.3. The number of benzene rings is 1. The van der Waals surface area contributed by atoms with Crippen molar-refractivity contribution in [2.75, 3.05) is 13.4 Å². The number of carbonyl (C=O) groups excluding carboxylic acids is 2. The Kier molecular flexibility index (Phi) is 4.67.